The highest BCUT2D eigenvalue weighted by Crippen LogP contribution is 2.08. The zero-order valence-electron chi connectivity index (χ0n) is 13.0. The third-order valence-electron chi connectivity index (χ3n) is 3.29. The standard InChI is InChI=1S/C16H24FN3O2/c1-2-3-4-9-20(16(22)11-19-15(21)10-18)12-13-5-7-14(17)8-6-13/h5-8H,2-4,9-12,18H2,1H3,(H,19,21). The second-order valence-electron chi connectivity index (χ2n) is 5.13. The van der Waals surface area contributed by atoms with Gasteiger partial charge in [-0.1, -0.05) is 31.9 Å². The molecule has 0 radical (unpaired) electrons. The number of carbonyl (C=O) groups excluding carboxylic acids is 2. The molecule has 0 fully saturated rings. The van der Waals surface area contributed by atoms with Crippen molar-refractivity contribution >= 4 is 11.8 Å². The first-order valence-corrected chi connectivity index (χ1v) is 7.55. The van der Waals surface area contributed by atoms with E-state index in [0.29, 0.717) is 13.1 Å². The van der Waals surface area contributed by atoms with Gasteiger partial charge in [-0.25, -0.2) is 4.39 Å². The van der Waals surface area contributed by atoms with Crippen molar-refractivity contribution in [1.29, 1.82) is 0 Å². The van der Waals surface area contributed by atoms with Crippen LogP contribution in [0, 0.1) is 5.82 Å². The van der Waals surface area contributed by atoms with Crippen molar-refractivity contribution in [2.75, 3.05) is 19.6 Å². The summed E-state index contributed by atoms with van der Waals surface area (Å²) in [5, 5.41) is 2.48. The highest BCUT2D eigenvalue weighted by Gasteiger charge is 2.14. The molecule has 6 heteroatoms. The van der Waals surface area contributed by atoms with Crippen LogP contribution in [0.2, 0.25) is 0 Å². The zero-order chi connectivity index (χ0) is 16.4. The van der Waals surface area contributed by atoms with Gasteiger partial charge in [0.05, 0.1) is 13.1 Å². The van der Waals surface area contributed by atoms with Gasteiger partial charge in [-0.15, -0.1) is 0 Å². The number of rotatable bonds is 9. The predicted octanol–water partition coefficient (Wildman–Crippen LogP) is 1.42. The molecule has 0 aliphatic heterocycles. The predicted molar refractivity (Wildman–Crippen MR) is 83.4 cm³/mol. The fourth-order valence-corrected chi connectivity index (χ4v) is 2.01. The molecule has 0 saturated carbocycles. The molecule has 0 heterocycles. The van der Waals surface area contributed by atoms with Crippen molar-refractivity contribution in [3.63, 3.8) is 0 Å². The van der Waals surface area contributed by atoms with E-state index in [4.69, 9.17) is 5.73 Å². The Morgan fingerprint density at radius 1 is 1.23 bits per heavy atom. The van der Waals surface area contributed by atoms with E-state index in [2.05, 4.69) is 12.2 Å². The summed E-state index contributed by atoms with van der Waals surface area (Å²) >= 11 is 0. The van der Waals surface area contributed by atoms with Gasteiger partial charge in [-0.2, -0.15) is 0 Å². The van der Waals surface area contributed by atoms with Gasteiger partial charge in [-0.05, 0) is 24.1 Å². The molecule has 3 N–H and O–H groups in total. The highest BCUT2D eigenvalue weighted by molar-refractivity contribution is 5.85. The van der Waals surface area contributed by atoms with Crippen LogP contribution in [0.1, 0.15) is 31.7 Å². The Morgan fingerprint density at radius 2 is 1.91 bits per heavy atom. The van der Waals surface area contributed by atoms with Gasteiger partial charge in [0, 0.05) is 13.1 Å². The SMILES string of the molecule is CCCCCN(Cc1ccc(F)cc1)C(=O)CNC(=O)CN. The quantitative estimate of drug-likeness (QED) is 0.677. The first-order valence-electron chi connectivity index (χ1n) is 7.55. The van der Waals surface area contributed by atoms with Gasteiger partial charge in [0.1, 0.15) is 5.82 Å². The van der Waals surface area contributed by atoms with Crippen molar-refractivity contribution in [2.45, 2.75) is 32.7 Å². The van der Waals surface area contributed by atoms with Crippen LogP contribution in [0.4, 0.5) is 4.39 Å². The summed E-state index contributed by atoms with van der Waals surface area (Å²) in [6.45, 7) is 2.90. The summed E-state index contributed by atoms with van der Waals surface area (Å²) in [6, 6.07) is 6.07. The Kier molecular flexibility index (Phi) is 8.14. The minimum Gasteiger partial charge on any atom is -0.346 e. The second-order valence-corrected chi connectivity index (χ2v) is 5.13. The monoisotopic (exact) mass is 309 g/mol. The zero-order valence-corrected chi connectivity index (χ0v) is 13.0. The molecule has 5 nitrogen and oxygen atoms in total. The summed E-state index contributed by atoms with van der Waals surface area (Å²) in [5.74, 6) is -0.825. The second kappa shape index (κ2) is 9.89. The van der Waals surface area contributed by atoms with Crippen molar-refractivity contribution in [3.05, 3.63) is 35.6 Å². The Hall–Kier alpha value is -1.95. The largest absolute Gasteiger partial charge is 0.346 e. The molecule has 1 aromatic rings. The molecule has 0 saturated heterocycles. The maximum absolute atomic E-state index is 12.9. The van der Waals surface area contributed by atoms with E-state index in [0.717, 1.165) is 24.8 Å². The third kappa shape index (κ3) is 6.67. The van der Waals surface area contributed by atoms with Crippen LogP contribution in [0.25, 0.3) is 0 Å². The molecule has 0 unspecified atom stereocenters. The van der Waals surface area contributed by atoms with E-state index in [1.54, 1.807) is 17.0 Å². The fraction of sp³-hybridized carbons (Fsp3) is 0.500. The number of benzene rings is 1. The summed E-state index contributed by atoms with van der Waals surface area (Å²) in [5.41, 5.74) is 6.06. The molecular formula is C16H24FN3O2. The smallest absolute Gasteiger partial charge is 0.242 e. The number of carbonyl (C=O) groups is 2. The molecule has 0 spiro atoms. The first-order chi connectivity index (χ1) is 10.6. The Bertz CT molecular complexity index is 477. The van der Waals surface area contributed by atoms with Crippen molar-refractivity contribution < 1.29 is 14.0 Å². The number of nitrogens with zero attached hydrogens (tertiary/aromatic N) is 1. The van der Waals surface area contributed by atoms with Crippen LogP contribution in [-0.4, -0.2) is 36.3 Å². The van der Waals surface area contributed by atoms with Crippen LogP contribution in [0.3, 0.4) is 0 Å². The van der Waals surface area contributed by atoms with Crippen molar-refractivity contribution in [1.82, 2.24) is 10.2 Å². The maximum atomic E-state index is 12.9. The normalized spacial score (nSPS) is 10.3. The number of amides is 2. The van der Waals surface area contributed by atoms with E-state index in [1.807, 2.05) is 0 Å². The summed E-state index contributed by atoms with van der Waals surface area (Å²) < 4.78 is 12.9. The average Bonchev–Trinajstić information content (AvgIpc) is 2.53. The van der Waals surface area contributed by atoms with Gasteiger partial charge in [-0.3, -0.25) is 9.59 Å². The van der Waals surface area contributed by atoms with E-state index in [-0.39, 0.29) is 30.7 Å². The molecular weight excluding hydrogens is 285 g/mol. The van der Waals surface area contributed by atoms with E-state index < -0.39 is 0 Å². The summed E-state index contributed by atoms with van der Waals surface area (Å²) in [6.07, 6.45) is 2.99. The maximum Gasteiger partial charge on any atom is 0.242 e. The number of halogens is 1. The van der Waals surface area contributed by atoms with E-state index in [9.17, 15) is 14.0 Å². The minimum atomic E-state index is -0.358. The van der Waals surface area contributed by atoms with Crippen LogP contribution in [0.15, 0.2) is 24.3 Å². The Morgan fingerprint density at radius 3 is 2.50 bits per heavy atom. The first kappa shape index (κ1) is 18.1. The van der Waals surface area contributed by atoms with Gasteiger partial charge < -0.3 is 16.0 Å². The number of nitrogens with two attached hydrogens (primary N) is 1. The lowest BCUT2D eigenvalue weighted by Crippen LogP contribution is -2.42. The van der Waals surface area contributed by atoms with Gasteiger partial charge >= 0.3 is 0 Å². The summed E-state index contributed by atoms with van der Waals surface area (Å²) in [7, 11) is 0. The van der Waals surface area contributed by atoms with Crippen LogP contribution in [0.5, 0.6) is 0 Å². The molecule has 0 aliphatic carbocycles. The third-order valence-corrected chi connectivity index (χ3v) is 3.29. The molecule has 1 rings (SSSR count). The topological polar surface area (TPSA) is 75.4 Å². The Labute approximate surface area is 130 Å². The lowest BCUT2D eigenvalue weighted by Gasteiger charge is -2.23. The van der Waals surface area contributed by atoms with Crippen molar-refractivity contribution in [3.8, 4) is 0 Å². The number of unbranched alkanes of at least 4 members (excludes halogenated alkanes) is 2. The lowest BCUT2D eigenvalue weighted by atomic mass is 10.2. The molecule has 0 atom stereocenters. The molecule has 2 amide bonds. The fourth-order valence-electron chi connectivity index (χ4n) is 2.01. The molecule has 1 aromatic carbocycles. The van der Waals surface area contributed by atoms with Crippen LogP contribution < -0.4 is 11.1 Å². The summed E-state index contributed by atoms with van der Waals surface area (Å²) in [4.78, 5) is 25.1. The molecule has 0 aromatic heterocycles. The molecule has 0 aliphatic rings. The number of nitrogens with one attached hydrogen (secondary N) is 1. The van der Waals surface area contributed by atoms with Crippen LogP contribution in [-0.2, 0) is 16.1 Å². The highest BCUT2D eigenvalue weighted by atomic mass is 19.1. The van der Waals surface area contributed by atoms with Gasteiger partial charge in [0.2, 0.25) is 11.8 Å². The lowest BCUT2D eigenvalue weighted by molar-refractivity contribution is -0.133. The average molecular weight is 309 g/mol. The van der Waals surface area contributed by atoms with Crippen LogP contribution >= 0.6 is 0 Å². The minimum absolute atomic E-state index is 0.0661. The van der Waals surface area contributed by atoms with Crippen molar-refractivity contribution in [2.24, 2.45) is 5.73 Å². The number of hydrogen-bond acceptors (Lipinski definition) is 3. The molecule has 0 bridgehead atoms. The van der Waals surface area contributed by atoms with Gasteiger partial charge in [0.15, 0.2) is 0 Å². The molecule has 22 heavy (non-hydrogen) atoms. The molecule has 122 valence electrons. The van der Waals surface area contributed by atoms with E-state index in [1.165, 1.54) is 12.1 Å². The van der Waals surface area contributed by atoms with E-state index >= 15 is 0 Å². The Balaban J connectivity index is 2.63. The van der Waals surface area contributed by atoms with Gasteiger partial charge in [0.25, 0.3) is 0 Å². The number of hydrogen-bond donors (Lipinski definition) is 2.